The Morgan fingerprint density at radius 1 is 0.848 bits per heavy atom. The van der Waals surface area contributed by atoms with Crippen molar-refractivity contribution < 1.29 is 94.4 Å². The molecule has 496 valence electrons. The Morgan fingerprint density at radius 2 is 1.49 bits per heavy atom. The molecule has 4 aliphatic heterocycles. The molecule has 12 atom stereocenters. The minimum absolute atomic E-state index is 0.0224. The predicted molar refractivity (Wildman–Crippen MR) is 321 cm³/mol. The minimum atomic E-state index is -4.66. The van der Waals surface area contributed by atoms with Crippen LogP contribution in [0.15, 0.2) is 60.2 Å². The standard InChI is InChI=1S/C50H63N17O21P2S2/c1-23(2)32(61-29(68)12-14-65-30(69)10-11-31(65)70)43(73)60-26(5-4-13-54-48(53)75)42(72)59-25-8-6-24(7-9-25)17-81-49(76)64(3)15-16-80-50(77)86-38-37-28(85-46(38)66-21-57-33-39(51)55-20-56-40(33)66)19-83-89(78,91)87-36-27(18-82-90(79,92)88-37)84-45(35(36)71)67-22-58-34-41(67)62-47(52)63-44(34)74/h6-11,20-23,26-28,32,35-38,45-46,71H,4-5,12-19H2,1-3H3,(H,59,72)(H,60,73)(H,61,68)(H,78,91)(H,79,92)(H2,51,55,56)(H3,53,54,75)(H3,52,62,63,74)/t26-,27+,28+,32-,35+,36+,37+,38+,45+,46+,89-,90+/m0/s1. The molecule has 12 N–H and O–H groups in total. The zero-order valence-corrected chi connectivity index (χ0v) is 52.4. The molecule has 42 heteroatoms. The number of aromatic amines is 1. The fourth-order valence-electron chi connectivity index (χ4n) is 9.79. The van der Waals surface area contributed by atoms with E-state index in [9.17, 15) is 57.4 Å². The van der Waals surface area contributed by atoms with Gasteiger partial charge in [0.05, 0.1) is 32.4 Å². The third kappa shape index (κ3) is 16.5. The lowest BCUT2D eigenvalue weighted by Crippen LogP contribution is -2.54. The number of rotatable bonds is 21. The minimum Gasteiger partial charge on any atom is -0.445 e. The van der Waals surface area contributed by atoms with Crippen molar-refractivity contribution in [1.82, 2.24) is 64.8 Å². The van der Waals surface area contributed by atoms with Gasteiger partial charge >= 0.3 is 31.9 Å². The molecular formula is C50H63N17O21P2S2. The quantitative estimate of drug-likeness (QED) is 0.0155. The van der Waals surface area contributed by atoms with Gasteiger partial charge in [-0.1, -0.05) is 50.5 Å². The summed E-state index contributed by atoms with van der Waals surface area (Å²) in [7, 11) is 1.34. The van der Waals surface area contributed by atoms with Gasteiger partial charge in [-0.2, -0.15) is 4.98 Å². The van der Waals surface area contributed by atoms with Crippen LogP contribution in [0.2, 0.25) is 0 Å². The van der Waals surface area contributed by atoms with Crippen molar-refractivity contribution in [3.8, 4) is 0 Å². The number of thiol groups is 2. The Labute approximate surface area is 530 Å². The molecule has 0 saturated carbocycles. The molecule has 0 unspecified atom stereocenters. The Kier molecular flexibility index (Phi) is 21.5. The molecule has 8 heterocycles. The van der Waals surface area contributed by atoms with Crippen LogP contribution in [0.5, 0.6) is 0 Å². The lowest BCUT2D eigenvalue weighted by atomic mass is 10.0. The second kappa shape index (κ2) is 29.1. The maximum atomic E-state index is 14.2. The van der Waals surface area contributed by atoms with Crippen LogP contribution in [-0.2, 0) is 81.5 Å². The lowest BCUT2D eigenvalue weighted by molar-refractivity contribution is -0.137. The van der Waals surface area contributed by atoms with Crippen LogP contribution in [0, 0.1) is 5.92 Å². The van der Waals surface area contributed by atoms with Crippen molar-refractivity contribution in [2.45, 2.75) is 101 Å². The molecule has 4 aromatic heterocycles. The zero-order valence-electron chi connectivity index (χ0n) is 48.8. The molecule has 0 aliphatic carbocycles. The van der Waals surface area contributed by atoms with Gasteiger partial charge in [-0.15, -0.1) is 0 Å². The summed E-state index contributed by atoms with van der Waals surface area (Å²) >= 11 is 8.35. The molecule has 4 aliphatic rings. The summed E-state index contributed by atoms with van der Waals surface area (Å²) in [5.41, 5.74) is 16.9. The van der Waals surface area contributed by atoms with Crippen molar-refractivity contribution in [2.24, 2.45) is 11.7 Å². The number of imidazole rings is 2. The Morgan fingerprint density at radius 3 is 2.16 bits per heavy atom. The predicted octanol–water partition coefficient (Wildman–Crippen LogP) is 0.291. The van der Waals surface area contributed by atoms with E-state index < -0.39 is 154 Å². The molecule has 3 saturated heterocycles. The number of urea groups is 1. The molecule has 0 spiro atoms. The van der Waals surface area contributed by atoms with Gasteiger partial charge in [0.15, 0.2) is 41.2 Å². The molecule has 0 radical (unpaired) electrons. The number of nitrogens with two attached hydrogens (primary N) is 3. The maximum Gasteiger partial charge on any atom is 0.508 e. The van der Waals surface area contributed by atoms with Gasteiger partial charge in [0.2, 0.25) is 23.7 Å². The van der Waals surface area contributed by atoms with E-state index in [1.165, 1.54) is 30.1 Å². The number of ether oxygens (including phenoxy) is 5. The molecule has 1 aromatic carbocycles. The van der Waals surface area contributed by atoms with Crippen LogP contribution >= 0.6 is 38.1 Å². The number of likely N-dealkylation sites (N-methyl/N-ethyl adjacent to an activating group) is 1. The average molecular weight is 1360 g/mol. The van der Waals surface area contributed by atoms with Gasteiger partial charge in [0.1, 0.15) is 67.7 Å². The van der Waals surface area contributed by atoms with Gasteiger partial charge < -0.3 is 72.2 Å². The number of aliphatic hydroxyl groups excluding tert-OH is 1. The molecule has 9 rings (SSSR count). The van der Waals surface area contributed by atoms with Crippen molar-refractivity contribution in [2.75, 3.05) is 63.3 Å². The number of carbonyl (C=O) groups excluding carboxylic acids is 8. The van der Waals surface area contributed by atoms with E-state index >= 15 is 0 Å². The van der Waals surface area contributed by atoms with E-state index in [-0.39, 0.29) is 85.3 Å². The first-order valence-electron chi connectivity index (χ1n) is 27.9. The second-order valence-electron chi connectivity index (χ2n) is 21.2. The second-order valence-corrected chi connectivity index (χ2v) is 26.9. The third-order valence-electron chi connectivity index (χ3n) is 14.4. The number of benzene rings is 1. The summed E-state index contributed by atoms with van der Waals surface area (Å²) in [4.78, 5) is 140. The van der Waals surface area contributed by atoms with E-state index in [1.54, 1.807) is 26.0 Å². The summed E-state index contributed by atoms with van der Waals surface area (Å²) in [5, 5.41) is 21.9. The number of aromatic nitrogens is 8. The van der Waals surface area contributed by atoms with Crippen LogP contribution in [0.4, 0.5) is 31.8 Å². The summed E-state index contributed by atoms with van der Waals surface area (Å²) < 4.78 is 82.7. The average Bonchev–Trinajstić information content (AvgIpc) is 1.61. The maximum absolute atomic E-state index is 14.2. The zero-order chi connectivity index (χ0) is 66.3. The number of H-pyrrole nitrogens is 1. The SMILES string of the molecule is CC(C)[C@H](NC(=O)CCN1C(=O)C=CC1=O)C(=O)N[C@@H](CCCNC(N)=O)C(=O)Nc1ccc(COC(=O)N(C)CCOC(=O)O[C@@H]2[C@@H]3O[P@](=O)(S)OC[C@H]4O[C@@H](n5cnc6c(=O)[nH]c(N)nc65)[C@H](O)[C@@H]4O[P@@](=O)(S)OC[C@H]3O[C@H]2n2cnc3c(N)ncnc32)cc1. The molecule has 38 nitrogen and oxygen atoms in total. The first kappa shape index (κ1) is 68.1. The molecular weight excluding hydrogens is 1300 g/mol. The first-order valence-corrected chi connectivity index (χ1v) is 33.3. The Bertz CT molecular complexity index is 3800. The topological polar surface area (TPSA) is 514 Å². The molecule has 0 bridgehead atoms. The largest absolute Gasteiger partial charge is 0.508 e. The van der Waals surface area contributed by atoms with Crippen LogP contribution in [0.1, 0.15) is 51.1 Å². The van der Waals surface area contributed by atoms with E-state index in [2.05, 4.69) is 75.7 Å². The summed E-state index contributed by atoms with van der Waals surface area (Å²) in [6, 6.07) is 2.99. The highest BCUT2D eigenvalue weighted by Crippen LogP contribution is 2.60. The molecule has 3 fully saturated rings. The van der Waals surface area contributed by atoms with Crippen molar-refractivity contribution in [3.63, 3.8) is 0 Å². The number of carbonyl (C=O) groups is 8. The fraction of sp³-hybridized carbons (Fsp3) is 0.480. The number of fused-ring (bicyclic) bond motifs is 4. The highest BCUT2D eigenvalue weighted by molar-refractivity contribution is 8.44. The first-order chi connectivity index (χ1) is 43.6. The van der Waals surface area contributed by atoms with Crippen LogP contribution in [-0.4, -0.2) is 197 Å². The van der Waals surface area contributed by atoms with Crippen molar-refractivity contribution >= 4 is 126 Å². The number of anilines is 3. The third-order valence-corrected chi connectivity index (χ3v) is 17.6. The Hall–Kier alpha value is -8.30. The number of imide groups is 1. The number of hydrogen-bond donors (Lipinski definition) is 11. The summed E-state index contributed by atoms with van der Waals surface area (Å²) in [6.45, 7) is -8.59. The number of nitrogens with one attached hydrogen (secondary N) is 5. The number of amides is 8. The van der Waals surface area contributed by atoms with Gasteiger partial charge in [-0.3, -0.25) is 65.9 Å². The molecule has 8 amide bonds. The van der Waals surface area contributed by atoms with E-state index in [1.807, 2.05) is 0 Å². The molecule has 5 aromatic rings. The number of nitrogen functional groups attached to an aromatic ring is 2. The van der Waals surface area contributed by atoms with Crippen LogP contribution in [0.25, 0.3) is 22.3 Å². The summed E-state index contributed by atoms with van der Waals surface area (Å²) in [6.07, 6.45) is -9.25. The number of nitrogens with zero attached hydrogens (tertiary/aromatic N) is 9. The normalized spacial score (nSPS) is 25.4. The van der Waals surface area contributed by atoms with Crippen molar-refractivity contribution in [3.05, 3.63) is 71.3 Å². The van der Waals surface area contributed by atoms with Gasteiger partial charge in [-0.05, 0) is 36.5 Å². The van der Waals surface area contributed by atoms with Crippen molar-refractivity contribution in [1.29, 1.82) is 0 Å². The van der Waals surface area contributed by atoms with E-state index in [0.717, 1.165) is 39.2 Å². The van der Waals surface area contributed by atoms with E-state index in [4.69, 9.17) is 59.0 Å². The fourth-order valence-corrected chi connectivity index (χ4v) is 12.8. The van der Waals surface area contributed by atoms with Crippen LogP contribution in [0.3, 0.4) is 0 Å². The number of hydrogen-bond acceptors (Lipinski definition) is 28. The highest BCUT2D eigenvalue weighted by atomic mass is 32.7. The van der Waals surface area contributed by atoms with Crippen LogP contribution < -0.4 is 44.0 Å². The number of primary amides is 1. The lowest BCUT2D eigenvalue weighted by Gasteiger charge is -2.29. The number of aliphatic hydroxyl groups is 1. The molecule has 92 heavy (non-hydrogen) atoms. The Balaban J connectivity index is 0.800. The smallest absolute Gasteiger partial charge is 0.445 e. The van der Waals surface area contributed by atoms with Gasteiger partial charge in [0, 0.05) is 44.4 Å². The van der Waals surface area contributed by atoms with Gasteiger partial charge in [0.25, 0.3) is 17.4 Å². The monoisotopic (exact) mass is 1360 g/mol. The highest BCUT2D eigenvalue weighted by Gasteiger charge is 2.55. The summed E-state index contributed by atoms with van der Waals surface area (Å²) in [5.74, 6) is -3.92. The van der Waals surface area contributed by atoms with E-state index in [0.29, 0.717) is 5.56 Å². The van der Waals surface area contributed by atoms with Gasteiger partial charge in [-0.25, -0.2) is 43.4 Å².